The van der Waals surface area contributed by atoms with Crippen molar-refractivity contribution in [2.75, 3.05) is 16.0 Å². The molecule has 3 N–H and O–H groups in total. The fraction of sp³-hybridized carbons (Fsp3) is 0.0909. The highest BCUT2D eigenvalue weighted by atomic mass is 16.2. The summed E-state index contributed by atoms with van der Waals surface area (Å²) in [5, 5.41) is 13.1. The van der Waals surface area contributed by atoms with Crippen molar-refractivity contribution in [2.24, 2.45) is 0 Å². The molecule has 0 fully saturated rings. The molecular weight excluding hydrogens is 378 g/mol. The van der Waals surface area contributed by atoms with Gasteiger partial charge in [0.2, 0.25) is 0 Å². The highest BCUT2D eigenvalue weighted by Crippen LogP contribution is 2.19. The number of anilines is 4. The molecule has 30 heavy (non-hydrogen) atoms. The van der Waals surface area contributed by atoms with E-state index >= 15 is 0 Å². The van der Waals surface area contributed by atoms with Crippen molar-refractivity contribution in [3.8, 4) is 5.82 Å². The smallest absolute Gasteiger partial charge is 0.323 e. The Morgan fingerprint density at radius 2 is 1.57 bits per heavy atom. The zero-order valence-electron chi connectivity index (χ0n) is 16.6. The van der Waals surface area contributed by atoms with Gasteiger partial charge in [-0.2, -0.15) is 5.10 Å². The van der Waals surface area contributed by atoms with Crippen LogP contribution in [0, 0.1) is 13.8 Å². The zero-order valence-corrected chi connectivity index (χ0v) is 16.6. The van der Waals surface area contributed by atoms with Crippen molar-refractivity contribution in [1.82, 2.24) is 19.7 Å². The summed E-state index contributed by atoms with van der Waals surface area (Å²) in [5.41, 5.74) is 4.48. The van der Waals surface area contributed by atoms with Gasteiger partial charge in [0, 0.05) is 35.5 Å². The largest absolute Gasteiger partial charge is 0.340 e. The maximum atomic E-state index is 12.3. The number of rotatable bonds is 5. The lowest BCUT2D eigenvalue weighted by atomic mass is 10.1. The van der Waals surface area contributed by atoms with Crippen LogP contribution in [-0.2, 0) is 0 Å². The molecule has 2 heterocycles. The number of nitrogens with zero attached hydrogens (tertiary/aromatic N) is 4. The topological polar surface area (TPSA) is 96.8 Å². The van der Waals surface area contributed by atoms with Gasteiger partial charge >= 0.3 is 6.03 Å². The number of carbonyl (C=O) groups is 1. The number of aromatic nitrogens is 4. The summed E-state index contributed by atoms with van der Waals surface area (Å²) in [6, 6.07) is 16.6. The van der Waals surface area contributed by atoms with Gasteiger partial charge in [0.05, 0.1) is 0 Å². The van der Waals surface area contributed by atoms with Crippen molar-refractivity contribution in [1.29, 1.82) is 0 Å². The monoisotopic (exact) mass is 399 g/mol. The van der Waals surface area contributed by atoms with Gasteiger partial charge in [-0.15, -0.1) is 0 Å². The third-order valence-electron chi connectivity index (χ3n) is 4.29. The van der Waals surface area contributed by atoms with E-state index < -0.39 is 0 Å². The molecule has 0 bridgehead atoms. The van der Waals surface area contributed by atoms with Crippen LogP contribution in [0.3, 0.4) is 0 Å². The summed E-state index contributed by atoms with van der Waals surface area (Å²) in [5.74, 6) is 1.31. The van der Waals surface area contributed by atoms with Crippen molar-refractivity contribution < 1.29 is 4.79 Å². The molecule has 0 unspecified atom stereocenters. The van der Waals surface area contributed by atoms with E-state index in [4.69, 9.17) is 0 Å². The maximum absolute atomic E-state index is 12.3. The predicted octanol–water partition coefficient (Wildman–Crippen LogP) is 4.67. The standard InChI is InChI=1S/C22H21N7O/c1-15-10-16(2)12-19(11-15)28-22(30)27-18-6-4-17(5-7-18)26-20-13-21(24-14-23-20)29-9-3-8-25-29/h3-14H,1-2H3,(H,23,24,26)(H2,27,28,30). The minimum Gasteiger partial charge on any atom is -0.340 e. The minimum absolute atomic E-state index is 0.291. The highest BCUT2D eigenvalue weighted by Gasteiger charge is 2.05. The van der Waals surface area contributed by atoms with Crippen molar-refractivity contribution in [3.05, 3.63) is 84.4 Å². The van der Waals surface area contributed by atoms with Crippen LogP contribution in [0.5, 0.6) is 0 Å². The molecule has 0 atom stereocenters. The van der Waals surface area contributed by atoms with Crippen LogP contribution < -0.4 is 16.0 Å². The summed E-state index contributed by atoms with van der Waals surface area (Å²) >= 11 is 0. The molecule has 0 aliphatic carbocycles. The molecule has 2 aromatic heterocycles. The lowest BCUT2D eigenvalue weighted by Gasteiger charge is -2.11. The molecule has 0 spiro atoms. The molecule has 8 nitrogen and oxygen atoms in total. The van der Waals surface area contributed by atoms with Crippen molar-refractivity contribution >= 4 is 28.9 Å². The molecule has 0 radical (unpaired) electrons. The Hall–Kier alpha value is -4.20. The number of urea groups is 1. The summed E-state index contributed by atoms with van der Waals surface area (Å²) < 4.78 is 1.66. The van der Waals surface area contributed by atoms with Crippen LogP contribution in [0.1, 0.15) is 11.1 Å². The average Bonchev–Trinajstić information content (AvgIpc) is 3.24. The molecule has 0 aliphatic heterocycles. The van der Waals surface area contributed by atoms with Crippen molar-refractivity contribution in [2.45, 2.75) is 13.8 Å². The number of benzene rings is 2. The summed E-state index contributed by atoms with van der Waals surface area (Å²) in [6.45, 7) is 3.99. The van der Waals surface area contributed by atoms with Gasteiger partial charge in [-0.05, 0) is 67.4 Å². The zero-order chi connectivity index (χ0) is 20.9. The predicted molar refractivity (Wildman–Crippen MR) is 117 cm³/mol. The van der Waals surface area contributed by atoms with Gasteiger partial charge in [-0.1, -0.05) is 6.07 Å². The van der Waals surface area contributed by atoms with E-state index in [1.54, 1.807) is 16.9 Å². The van der Waals surface area contributed by atoms with E-state index in [0.717, 1.165) is 22.5 Å². The molecule has 2 aromatic carbocycles. The molecule has 0 aliphatic rings. The SMILES string of the molecule is Cc1cc(C)cc(NC(=O)Nc2ccc(Nc3cc(-n4cccn4)ncn3)cc2)c1. The van der Waals surface area contributed by atoms with Gasteiger partial charge in [0.15, 0.2) is 5.82 Å². The molecule has 8 heteroatoms. The van der Waals surface area contributed by atoms with E-state index in [-0.39, 0.29) is 6.03 Å². The highest BCUT2D eigenvalue weighted by molar-refractivity contribution is 5.99. The van der Waals surface area contributed by atoms with Crippen LogP contribution in [0.15, 0.2) is 73.3 Å². The van der Waals surface area contributed by atoms with E-state index in [1.165, 1.54) is 6.33 Å². The Balaban J connectivity index is 1.38. The number of amides is 2. The van der Waals surface area contributed by atoms with Gasteiger partial charge in [0.25, 0.3) is 0 Å². The summed E-state index contributed by atoms with van der Waals surface area (Å²) in [4.78, 5) is 20.7. The third kappa shape index (κ3) is 4.79. The number of aryl methyl sites for hydroxylation is 2. The van der Waals surface area contributed by atoms with Gasteiger partial charge in [-0.25, -0.2) is 19.4 Å². The number of hydrogen-bond acceptors (Lipinski definition) is 5. The molecule has 2 amide bonds. The Morgan fingerprint density at radius 3 is 2.27 bits per heavy atom. The van der Waals surface area contributed by atoms with E-state index in [0.29, 0.717) is 17.3 Å². The summed E-state index contributed by atoms with van der Waals surface area (Å²) in [6.07, 6.45) is 4.99. The van der Waals surface area contributed by atoms with Crippen LogP contribution in [0.2, 0.25) is 0 Å². The van der Waals surface area contributed by atoms with Gasteiger partial charge in [0.1, 0.15) is 12.1 Å². The quantitative estimate of drug-likeness (QED) is 0.453. The second-order valence-electron chi connectivity index (χ2n) is 6.87. The molecule has 4 aromatic rings. The Labute approximate surface area is 174 Å². The first-order valence-corrected chi connectivity index (χ1v) is 9.41. The first-order valence-electron chi connectivity index (χ1n) is 9.41. The lowest BCUT2D eigenvalue weighted by Crippen LogP contribution is -2.19. The van der Waals surface area contributed by atoms with E-state index in [2.05, 4.69) is 37.1 Å². The number of nitrogens with one attached hydrogen (secondary N) is 3. The van der Waals surface area contributed by atoms with Crippen LogP contribution in [0.25, 0.3) is 5.82 Å². The van der Waals surface area contributed by atoms with Gasteiger partial charge in [-0.3, -0.25) is 0 Å². The van der Waals surface area contributed by atoms with Crippen LogP contribution in [0.4, 0.5) is 27.7 Å². The first-order chi connectivity index (χ1) is 14.5. The van der Waals surface area contributed by atoms with Crippen molar-refractivity contribution in [3.63, 3.8) is 0 Å². The van der Waals surface area contributed by atoms with E-state index in [1.807, 2.05) is 62.5 Å². The number of hydrogen-bond donors (Lipinski definition) is 3. The van der Waals surface area contributed by atoms with Crippen LogP contribution >= 0.6 is 0 Å². The third-order valence-corrected chi connectivity index (χ3v) is 4.29. The molecule has 0 saturated heterocycles. The molecule has 4 rings (SSSR count). The fourth-order valence-electron chi connectivity index (χ4n) is 3.07. The fourth-order valence-corrected chi connectivity index (χ4v) is 3.07. The normalized spacial score (nSPS) is 10.5. The molecule has 150 valence electrons. The second kappa shape index (κ2) is 8.44. The molecule has 0 saturated carbocycles. The Morgan fingerprint density at radius 1 is 0.867 bits per heavy atom. The first kappa shape index (κ1) is 19.1. The average molecular weight is 399 g/mol. The van der Waals surface area contributed by atoms with Crippen LogP contribution in [-0.4, -0.2) is 25.8 Å². The van der Waals surface area contributed by atoms with E-state index in [9.17, 15) is 4.79 Å². The maximum Gasteiger partial charge on any atom is 0.323 e. The molecular formula is C22H21N7O. The summed E-state index contributed by atoms with van der Waals surface area (Å²) in [7, 11) is 0. The Kier molecular flexibility index (Phi) is 5.38. The second-order valence-corrected chi connectivity index (χ2v) is 6.87. The minimum atomic E-state index is -0.291. The number of carbonyl (C=O) groups excluding carboxylic acids is 1. The van der Waals surface area contributed by atoms with Gasteiger partial charge < -0.3 is 16.0 Å². The Bertz CT molecular complexity index is 1130. The lowest BCUT2D eigenvalue weighted by molar-refractivity contribution is 0.262.